The van der Waals surface area contributed by atoms with E-state index in [0.717, 1.165) is 17.5 Å². The van der Waals surface area contributed by atoms with Crippen LogP contribution in [0.1, 0.15) is 11.3 Å². The summed E-state index contributed by atoms with van der Waals surface area (Å²) in [5.74, 6) is 0. The Bertz CT molecular complexity index is 501. The molecule has 0 atom stereocenters. The molecule has 1 N–H and O–H groups in total. The van der Waals surface area contributed by atoms with Gasteiger partial charge >= 0.3 is 0 Å². The first kappa shape index (κ1) is 11.4. The van der Waals surface area contributed by atoms with E-state index in [0.29, 0.717) is 19.6 Å². The molecule has 1 aliphatic rings. The number of aromatic nitrogens is 2. The lowest BCUT2D eigenvalue weighted by Gasteiger charge is -2.10. The fourth-order valence-corrected chi connectivity index (χ4v) is 2.20. The van der Waals surface area contributed by atoms with E-state index in [9.17, 15) is 8.42 Å². The molecule has 0 radical (unpaired) electrons. The van der Waals surface area contributed by atoms with E-state index in [1.807, 2.05) is 4.90 Å². The van der Waals surface area contributed by atoms with E-state index in [4.69, 9.17) is 5.11 Å². The van der Waals surface area contributed by atoms with Gasteiger partial charge in [-0.25, -0.2) is 18.4 Å². The largest absolute Gasteiger partial charge is 0.395 e. The number of hydrogen-bond acceptors (Lipinski definition) is 6. The lowest BCUT2D eigenvalue weighted by Crippen LogP contribution is -2.20. The molecule has 2 rings (SSSR count). The molecule has 0 saturated heterocycles. The van der Waals surface area contributed by atoms with Gasteiger partial charge < -0.3 is 5.11 Å². The second-order valence-corrected chi connectivity index (χ2v) is 5.74. The van der Waals surface area contributed by atoms with Crippen molar-refractivity contribution in [1.82, 2.24) is 14.9 Å². The number of rotatable bonds is 3. The van der Waals surface area contributed by atoms with Crippen molar-refractivity contribution in [1.29, 1.82) is 0 Å². The third-order valence-electron chi connectivity index (χ3n) is 2.45. The summed E-state index contributed by atoms with van der Waals surface area (Å²) in [6.45, 7) is 1.88. The van der Waals surface area contributed by atoms with Gasteiger partial charge in [-0.2, -0.15) is 0 Å². The summed E-state index contributed by atoms with van der Waals surface area (Å²) in [4.78, 5) is 9.85. The Morgan fingerprint density at radius 2 is 2.25 bits per heavy atom. The molecule has 0 fully saturated rings. The fourth-order valence-electron chi connectivity index (χ4n) is 1.68. The maximum absolute atomic E-state index is 11.3. The zero-order valence-electron chi connectivity index (χ0n) is 8.92. The molecule has 1 aromatic rings. The van der Waals surface area contributed by atoms with Crippen molar-refractivity contribution in [3.05, 3.63) is 17.5 Å². The quantitative estimate of drug-likeness (QED) is 0.699. The van der Waals surface area contributed by atoms with Gasteiger partial charge in [-0.15, -0.1) is 0 Å². The van der Waals surface area contributed by atoms with Crippen LogP contribution in [0, 0.1) is 0 Å². The molecule has 1 aliphatic heterocycles. The summed E-state index contributed by atoms with van der Waals surface area (Å²) in [6.07, 6.45) is 2.64. The third kappa shape index (κ3) is 2.21. The highest BCUT2D eigenvalue weighted by molar-refractivity contribution is 7.90. The maximum Gasteiger partial charge on any atom is 0.247 e. The van der Waals surface area contributed by atoms with Crippen LogP contribution in [0.4, 0.5) is 0 Å². The van der Waals surface area contributed by atoms with Gasteiger partial charge in [0.25, 0.3) is 0 Å². The van der Waals surface area contributed by atoms with E-state index in [2.05, 4.69) is 9.97 Å². The monoisotopic (exact) mass is 243 g/mol. The van der Waals surface area contributed by atoms with Gasteiger partial charge in [0.15, 0.2) is 0 Å². The molecule has 0 amide bonds. The van der Waals surface area contributed by atoms with Crippen LogP contribution in [0.25, 0.3) is 0 Å². The number of sulfone groups is 1. The van der Waals surface area contributed by atoms with Crippen molar-refractivity contribution < 1.29 is 13.5 Å². The number of β-amino-alcohol motifs (C(OH)–C–C–N with tert-alkyl or cyclic N) is 1. The third-order valence-corrected chi connectivity index (χ3v) is 3.31. The average Bonchev–Trinajstić information content (AvgIpc) is 2.57. The minimum atomic E-state index is -3.34. The Balaban J connectivity index is 2.28. The SMILES string of the molecule is CS(=O)(=O)c1ncc2c(n1)CN(CCO)C2. The Labute approximate surface area is 93.9 Å². The fraction of sp³-hybridized carbons (Fsp3) is 0.556. The summed E-state index contributed by atoms with van der Waals surface area (Å²) in [7, 11) is -3.34. The van der Waals surface area contributed by atoms with Gasteiger partial charge in [-0.05, 0) is 0 Å². The van der Waals surface area contributed by atoms with Crippen molar-refractivity contribution in [2.75, 3.05) is 19.4 Å². The molecular weight excluding hydrogens is 230 g/mol. The molecule has 6 nitrogen and oxygen atoms in total. The normalized spacial score (nSPS) is 16.4. The van der Waals surface area contributed by atoms with Gasteiger partial charge in [0.1, 0.15) is 0 Å². The number of hydrogen-bond donors (Lipinski definition) is 1. The second-order valence-electron chi connectivity index (χ2n) is 3.83. The molecule has 0 aliphatic carbocycles. The minimum Gasteiger partial charge on any atom is -0.395 e. The van der Waals surface area contributed by atoms with Crippen LogP contribution in [0.15, 0.2) is 11.4 Å². The van der Waals surface area contributed by atoms with Crippen molar-refractivity contribution in [3.8, 4) is 0 Å². The molecule has 0 bridgehead atoms. The average molecular weight is 243 g/mol. The lowest BCUT2D eigenvalue weighted by molar-refractivity contribution is 0.197. The van der Waals surface area contributed by atoms with Crippen molar-refractivity contribution in [2.45, 2.75) is 18.2 Å². The minimum absolute atomic E-state index is 0.0837. The van der Waals surface area contributed by atoms with Crippen molar-refractivity contribution >= 4 is 9.84 Å². The van der Waals surface area contributed by atoms with Crippen LogP contribution in [0.5, 0.6) is 0 Å². The van der Waals surface area contributed by atoms with E-state index >= 15 is 0 Å². The van der Waals surface area contributed by atoms with Gasteiger partial charge in [0.2, 0.25) is 15.0 Å². The summed E-state index contributed by atoms with van der Waals surface area (Å²) in [5.41, 5.74) is 1.67. The molecule has 0 aromatic carbocycles. The van der Waals surface area contributed by atoms with Crippen LogP contribution >= 0.6 is 0 Å². The summed E-state index contributed by atoms with van der Waals surface area (Å²) < 4.78 is 22.5. The first-order chi connectivity index (χ1) is 7.50. The van der Waals surface area contributed by atoms with Crippen LogP contribution in [-0.2, 0) is 22.9 Å². The molecule has 0 saturated carbocycles. The highest BCUT2D eigenvalue weighted by atomic mass is 32.2. The molecule has 1 aromatic heterocycles. The standard InChI is InChI=1S/C9H13N3O3S/c1-16(14,15)9-10-4-7-5-12(2-3-13)6-8(7)11-9/h4,13H,2-3,5-6H2,1H3. The predicted octanol–water partition coefficient (Wildman–Crippen LogP) is -0.812. The molecule has 2 heterocycles. The van der Waals surface area contributed by atoms with Crippen molar-refractivity contribution in [2.24, 2.45) is 0 Å². The number of nitrogens with zero attached hydrogens (tertiary/aromatic N) is 3. The van der Waals surface area contributed by atoms with Crippen LogP contribution in [0.3, 0.4) is 0 Å². The van der Waals surface area contributed by atoms with Gasteiger partial charge in [-0.1, -0.05) is 0 Å². The Morgan fingerprint density at radius 1 is 1.50 bits per heavy atom. The molecule has 16 heavy (non-hydrogen) atoms. The number of fused-ring (bicyclic) bond motifs is 1. The lowest BCUT2D eigenvalue weighted by atomic mass is 10.3. The molecule has 7 heteroatoms. The first-order valence-corrected chi connectivity index (χ1v) is 6.78. The van der Waals surface area contributed by atoms with Crippen LogP contribution in [-0.4, -0.2) is 47.8 Å². The highest BCUT2D eigenvalue weighted by Gasteiger charge is 2.22. The summed E-state index contributed by atoms with van der Waals surface area (Å²) in [5, 5.41) is 8.69. The zero-order chi connectivity index (χ0) is 11.8. The Hall–Kier alpha value is -1.05. The van der Waals surface area contributed by atoms with Gasteiger partial charge in [0.05, 0.1) is 12.3 Å². The van der Waals surface area contributed by atoms with Gasteiger partial charge in [0, 0.05) is 37.7 Å². The zero-order valence-corrected chi connectivity index (χ0v) is 9.74. The molecule has 0 spiro atoms. The predicted molar refractivity (Wildman–Crippen MR) is 56.3 cm³/mol. The maximum atomic E-state index is 11.3. The Kier molecular flexibility index (Phi) is 2.92. The van der Waals surface area contributed by atoms with E-state index in [-0.39, 0.29) is 11.8 Å². The summed E-state index contributed by atoms with van der Waals surface area (Å²) >= 11 is 0. The first-order valence-electron chi connectivity index (χ1n) is 4.89. The molecule has 0 unspecified atom stereocenters. The van der Waals surface area contributed by atoms with Crippen LogP contribution in [0.2, 0.25) is 0 Å². The van der Waals surface area contributed by atoms with E-state index in [1.54, 1.807) is 6.20 Å². The van der Waals surface area contributed by atoms with E-state index < -0.39 is 9.84 Å². The summed E-state index contributed by atoms with van der Waals surface area (Å²) in [6, 6.07) is 0. The molecular formula is C9H13N3O3S. The molecule has 88 valence electrons. The topological polar surface area (TPSA) is 83.4 Å². The number of aliphatic hydroxyl groups is 1. The number of aliphatic hydroxyl groups excluding tert-OH is 1. The van der Waals surface area contributed by atoms with Crippen LogP contribution < -0.4 is 0 Å². The van der Waals surface area contributed by atoms with Crippen molar-refractivity contribution in [3.63, 3.8) is 0 Å². The highest BCUT2D eigenvalue weighted by Crippen LogP contribution is 2.20. The van der Waals surface area contributed by atoms with Gasteiger partial charge in [-0.3, -0.25) is 4.90 Å². The second kappa shape index (κ2) is 4.08. The Morgan fingerprint density at radius 3 is 2.88 bits per heavy atom. The van der Waals surface area contributed by atoms with E-state index in [1.165, 1.54) is 0 Å². The smallest absolute Gasteiger partial charge is 0.247 e.